The van der Waals surface area contributed by atoms with Gasteiger partial charge in [-0.15, -0.1) is 0 Å². The highest BCUT2D eigenvalue weighted by molar-refractivity contribution is 5.30. The van der Waals surface area contributed by atoms with Crippen molar-refractivity contribution in [1.29, 1.82) is 0 Å². The smallest absolute Gasteiger partial charge is 0.119 e. The molecule has 21 heavy (non-hydrogen) atoms. The molecule has 0 fully saturated rings. The molecule has 0 aromatic heterocycles. The fourth-order valence-electron chi connectivity index (χ4n) is 2.39. The minimum absolute atomic E-state index is 0.106. The molecule has 0 saturated heterocycles. The Balaban J connectivity index is 2.08. The van der Waals surface area contributed by atoms with Crippen LogP contribution in [0.2, 0.25) is 0 Å². The summed E-state index contributed by atoms with van der Waals surface area (Å²) in [6, 6.07) is 17.5. The van der Waals surface area contributed by atoms with E-state index in [4.69, 9.17) is 4.74 Å². The lowest BCUT2D eigenvalue weighted by Gasteiger charge is -2.30. The molecular weight excluding hydrogens is 264 g/mol. The van der Waals surface area contributed by atoms with E-state index in [9.17, 15) is 10.2 Å². The number of para-hydroxylation sites is 1. The molecule has 112 valence electrons. The van der Waals surface area contributed by atoms with E-state index in [0.29, 0.717) is 13.0 Å². The van der Waals surface area contributed by atoms with Crippen molar-refractivity contribution >= 4 is 0 Å². The molecule has 2 N–H and O–H groups in total. The van der Waals surface area contributed by atoms with E-state index in [1.165, 1.54) is 0 Å². The molecule has 2 rings (SSSR count). The zero-order chi connectivity index (χ0) is 15.1. The molecular formula is C18H22O3. The summed E-state index contributed by atoms with van der Waals surface area (Å²) in [6.45, 7) is 2.23. The summed E-state index contributed by atoms with van der Waals surface area (Å²) in [5, 5.41) is 19.6. The van der Waals surface area contributed by atoms with Gasteiger partial charge in [-0.05, 0) is 31.0 Å². The van der Waals surface area contributed by atoms with E-state index in [-0.39, 0.29) is 13.2 Å². The van der Waals surface area contributed by atoms with Gasteiger partial charge in [-0.3, -0.25) is 0 Å². The number of hydrogen-bond acceptors (Lipinski definition) is 3. The van der Waals surface area contributed by atoms with Crippen molar-refractivity contribution in [3.05, 3.63) is 65.7 Å². The average Bonchev–Trinajstić information content (AvgIpc) is 2.53. The second kappa shape index (κ2) is 7.25. The number of hydrogen-bond donors (Lipinski definition) is 2. The van der Waals surface area contributed by atoms with Crippen LogP contribution in [0.3, 0.4) is 0 Å². The van der Waals surface area contributed by atoms with Gasteiger partial charge in [0.15, 0.2) is 0 Å². The van der Waals surface area contributed by atoms with E-state index in [1.807, 2.05) is 61.5 Å². The first-order valence-corrected chi connectivity index (χ1v) is 7.17. The Labute approximate surface area is 125 Å². The molecule has 0 amide bonds. The lowest BCUT2D eigenvalue weighted by Crippen LogP contribution is -2.36. The van der Waals surface area contributed by atoms with Crippen LogP contribution >= 0.6 is 0 Å². The summed E-state index contributed by atoms with van der Waals surface area (Å²) >= 11 is 0. The van der Waals surface area contributed by atoms with Gasteiger partial charge in [-0.25, -0.2) is 0 Å². The lowest BCUT2D eigenvalue weighted by atomic mass is 9.79. The highest BCUT2D eigenvalue weighted by Gasteiger charge is 2.31. The quantitative estimate of drug-likeness (QED) is 0.823. The topological polar surface area (TPSA) is 49.7 Å². The van der Waals surface area contributed by atoms with Crippen molar-refractivity contribution < 1.29 is 14.9 Å². The number of aliphatic hydroxyl groups is 2. The minimum Gasteiger partial charge on any atom is -0.494 e. The predicted octanol–water partition coefficient (Wildman–Crippen LogP) is 2.69. The lowest BCUT2D eigenvalue weighted by molar-refractivity contribution is 0.0951. The molecule has 2 aromatic carbocycles. The molecule has 0 aliphatic carbocycles. The number of aliphatic hydroxyl groups excluding tert-OH is 2. The van der Waals surface area contributed by atoms with E-state index >= 15 is 0 Å². The maximum Gasteiger partial charge on any atom is 0.119 e. The molecule has 0 atom stereocenters. The normalized spacial score (nSPS) is 11.4. The maximum absolute atomic E-state index is 9.80. The van der Waals surface area contributed by atoms with Crippen LogP contribution in [0.1, 0.15) is 17.5 Å². The van der Waals surface area contributed by atoms with Gasteiger partial charge in [0.2, 0.25) is 0 Å². The van der Waals surface area contributed by atoms with Crippen LogP contribution in [0.5, 0.6) is 5.75 Å². The van der Waals surface area contributed by atoms with Crippen LogP contribution < -0.4 is 4.74 Å². The third-order valence-electron chi connectivity index (χ3n) is 3.83. The number of aryl methyl sites for hydroxylation is 1. The van der Waals surface area contributed by atoms with Crippen LogP contribution in [-0.2, 0) is 5.41 Å². The molecule has 0 saturated carbocycles. The van der Waals surface area contributed by atoms with Gasteiger partial charge in [0.1, 0.15) is 5.75 Å². The van der Waals surface area contributed by atoms with Crippen LogP contribution in [0.25, 0.3) is 0 Å². The Bertz CT molecular complexity index is 547. The highest BCUT2D eigenvalue weighted by atomic mass is 16.5. The van der Waals surface area contributed by atoms with Crippen molar-refractivity contribution in [2.24, 2.45) is 0 Å². The number of rotatable bonds is 7. The minimum atomic E-state index is -0.666. The van der Waals surface area contributed by atoms with Gasteiger partial charge < -0.3 is 14.9 Å². The van der Waals surface area contributed by atoms with Gasteiger partial charge in [0.05, 0.1) is 19.8 Å². The molecule has 0 spiro atoms. The standard InChI is InChI=1S/C18H22O3/c1-15-6-5-7-16(12-15)18(13-19,14-20)10-11-21-17-8-3-2-4-9-17/h2-9,12,19-20H,10-11,13-14H2,1H3. The first-order valence-electron chi connectivity index (χ1n) is 7.17. The number of ether oxygens (including phenoxy) is 1. The first-order chi connectivity index (χ1) is 10.2. The second-order valence-corrected chi connectivity index (χ2v) is 5.38. The highest BCUT2D eigenvalue weighted by Crippen LogP contribution is 2.28. The van der Waals surface area contributed by atoms with Crippen LogP contribution in [0.15, 0.2) is 54.6 Å². The zero-order valence-corrected chi connectivity index (χ0v) is 12.3. The Hall–Kier alpha value is -1.84. The summed E-state index contributed by atoms with van der Waals surface area (Å²) in [6.07, 6.45) is 0.554. The number of benzene rings is 2. The van der Waals surface area contributed by atoms with Gasteiger partial charge in [0.25, 0.3) is 0 Å². The van der Waals surface area contributed by atoms with Gasteiger partial charge in [-0.2, -0.15) is 0 Å². The molecule has 3 heteroatoms. The van der Waals surface area contributed by atoms with Crippen molar-refractivity contribution in [2.75, 3.05) is 19.8 Å². The SMILES string of the molecule is Cc1cccc(C(CO)(CO)CCOc2ccccc2)c1. The predicted molar refractivity (Wildman–Crippen MR) is 83.6 cm³/mol. The molecule has 0 aliphatic rings. The Morgan fingerprint density at radius 1 is 0.952 bits per heavy atom. The van der Waals surface area contributed by atoms with E-state index in [2.05, 4.69) is 0 Å². The van der Waals surface area contributed by atoms with Crippen molar-refractivity contribution in [2.45, 2.75) is 18.8 Å². The van der Waals surface area contributed by atoms with Crippen LogP contribution in [0, 0.1) is 6.92 Å². The van der Waals surface area contributed by atoms with Crippen molar-refractivity contribution in [1.82, 2.24) is 0 Å². The Morgan fingerprint density at radius 3 is 2.29 bits per heavy atom. The van der Waals surface area contributed by atoms with Crippen LogP contribution in [-0.4, -0.2) is 30.0 Å². The average molecular weight is 286 g/mol. The summed E-state index contributed by atoms with van der Waals surface area (Å²) in [5.74, 6) is 0.798. The fraction of sp³-hybridized carbons (Fsp3) is 0.333. The third-order valence-corrected chi connectivity index (χ3v) is 3.83. The van der Waals surface area contributed by atoms with Gasteiger partial charge >= 0.3 is 0 Å². The van der Waals surface area contributed by atoms with Crippen LogP contribution in [0.4, 0.5) is 0 Å². The molecule has 0 aliphatic heterocycles. The molecule has 0 bridgehead atoms. The zero-order valence-electron chi connectivity index (χ0n) is 12.3. The Kier molecular flexibility index (Phi) is 5.37. The fourth-order valence-corrected chi connectivity index (χ4v) is 2.39. The molecule has 2 aromatic rings. The monoisotopic (exact) mass is 286 g/mol. The van der Waals surface area contributed by atoms with E-state index < -0.39 is 5.41 Å². The molecule has 0 radical (unpaired) electrons. The Morgan fingerprint density at radius 2 is 1.67 bits per heavy atom. The second-order valence-electron chi connectivity index (χ2n) is 5.38. The van der Waals surface area contributed by atoms with E-state index in [1.54, 1.807) is 0 Å². The summed E-state index contributed by atoms with van der Waals surface area (Å²) in [7, 11) is 0. The summed E-state index contributed by atoms with van der Waals surface area (Å²) in [5.41, 5.74) is 1.40. The summed E-state index contributed by atoms with van der Waals surface area (Å²) < 4.78 is 5.69. The van der Waals surface area contributed by atoms with Gasteiger partial charge in [0, 0.05) is 5.41 Å². The maximum atomic E-state index is 9.80. The van der Waals surface area contributed by atoms with Crippen molar-refractivity contribution in [3.8, 4) is 5.75 Å². The third kappa shape index (κ3) is 3.84. The summed E-state index contributed by atoms with van der Waals surface area (Å²) in [4.78, 5) is 0. The molecule has 0 unspecified atom stereocenters. The van der Waals surface area contributed by atoms with Crippen molar-refractivity contribution in [3.63, 3.8) is 0 Å². The first kappa shape index (κ1) is 15.5. The molecule has 3 nitrogen and oxygen atoms in total. The largest absolute Gasteiger partial charge is 0.494 e. The molecule has 0 heterocycles. The van der Waals surface area contributed by atoms with E-state index in [0.717, 1.165) is 16.9 Å². The van der Waals surface area contributed by atoms with Gasteiger partial charge in [-0.1, -0.05) is 48.0 Å².